The van der Waals surface area contributed by atoms with Crippen molar-refractivity contribution < 1.29 is 0 Å². The van der Waals surface area contributed by atoms with E-state index in [-0.39, 0.29) is 0 Å². The molecule has 2 heteroatoms. The summed E-state index contributed by atoms with van der Waals surface area (Å²) in [5.74, 6) is 0. The number of hydrogen-bond acceptors (Lipinski definition) is 2. The zero-order valence-electron chi connectivity index (χ0n) is 12.6. The quantitative estimate of drug-likeness (QED) is 0.725. The van der Waals surface area contributed by atoms with Crippen LogP contribution in [0.5, 0.6) is 0 Å². The predicted molar refractivity (Wildman–Crippen MR) is 80.5 cm³/mol. The van der Waals surface area contributed by atoms with E-state index in [1.807, 2.05) is 0 Å². The van der Waals surface area contributed by atoms with Crippen molar-refractivity contribution in [2.24, 2.45) is 0 Å². The molecular formula is C16H28N2. The van der Waals surface area contributed by atoms with Crippen LogP contribution in [0.3, 0.4) is 0 Å². The molecule has 0 saturated heterocycles. The minimum atomic E-state index is 1.05. The van der Waals surface area contributed by atoms with Crippen molar-refractivity contribution in [3.05, 3.63) is 33.9 Å². The molecule has 0 unspecified atom stereocenters. The van der Waals surface area contributed by atoms with Crippen LogP contribution in [-0.2, 0) is 6.42 Å². The molecule has 0 bridgehead atoms. The van der Waals surface area contributed by atoms with Gasteiger partial charge in [0.1, 0.15) is 0 Å². The summed E-state index contributed by atoms with van der Waals surface area (Å²) in [6.45, 7) is 15.3. The number of aryl methyl sites for hydroxylation is 2. The Morgan fingerprint density at radius 1 is 0.833 bits per heavy atom. The molecule has 18 heavy (non-hydrogen) atoms. The molecule has 0 aliphatic rings. The van der Waals surface area contributed by atoms with Crippen molar-refractivity contribution in [3.8, 4) is 0 Å². The molecule has 0 radical (unpaired) electrons. The predicted octanol–water partition coefficient (Wildman–Crippen LogP) is 2.66. The highest BCUT2D eigenvalue weighted by molar-refractivity contribution is 5.44. The molecule has 2 nitrogen and oxygen atoms in total. The van der Waals surface area contributed by atoms with Crippen molar-refractivity contribution in [3.63, 3.8) is 0 Å². The van der Waals surface area contributed by atoms with Crippen molar-refractivity contribution in [2.75, 3.05) is 26.2 Å². The lowest BCUT2D eigenvalue weighted by Crippen LogP contribution is -2.28. The van der Waals surface area contributed by atoms with Crippen LogP contribution in [0.15, 0.2) is 6.07 Å². The molecule has 0 amide bonds. The summed E-state index contributed by atoms with van der Waals surface area (Å²) < 4.78 is 0. The Hall–Kier alpha value is -0.860. The van der Waals surface area contributed by atoms with E-state index in [4.69, 9.17) is 0 Å². The first-order valence-corrected chi connectivity index (χ1v) is 7.05. The largest absolute Gasteiger partial charge is 0.316 e. The van der Waals surface area contributed by atoms with Gasteiger partial charge in [-0.15, -0.1) is 0 Å². The lowest BCUT2D eigenvalue weighted by molar-refractivity contribution is 0.623. The summed E-state index contributed by atoms with van der Waals surface area (Å²) in [4.78, 5) is 0. The lowest BCUT2D eigenvalue weighted by Gasteiger charge is -2.15. The van der Waals surface area contributed by atoms with Crippen molar-refractivity contribution >= 4 is 0 Å². The van der Waals surface area contributed by atoms with Gasteiger partial charge in [-0.1, -0.05) is 13.0 Å². The zero-order valence-corrected chi connectivity index (χ0v) is 12.6. The lowest BCUT2D eigenvalue weighted by atomic mass is 9.92. The third kappa shape index (κ3) is 4.11. The summed E-state index contributed by atoms with van der Waals surface area (Å²) >= 11 is 0. The van der Waals surface area contributed by atoms with Crippen molar-refractivity contribution in [1.29, 1.82) is 0 Å². The second-order valence-corrected chi connectivity index (χ2v) is 5.09. The summed E-state index contributed by atoms with van der Waals surface area (Å²) in [7, 11) is 0. The van der Waals surface area contributed by atoms with Crippen LogP contribution in [0.4, 0.5) is 0 Å². The Morgan fingerprint density at radius 3 is 1.94 bits per heavy atom. The third-order valence-electron chi connectivity index (χ3n) is 3.80. The van der Waals surface area contributed by atoms with Gasteiger partial charge in [0.15, 0.2) is 0 Å². The SMILES string of the molecule is CCNCCNCCc1c(C)c(C)cc(C)c1C. The van der Waals surface area contributed by atoms with Gasteiger partial charge in [0.05, 0.1) is 0 Å². The molecule has 0 fully saturated rings. The smallest absolute Gasteiger partial charge is 0.00768 e. The van der Waals surface area contributed by atoms with Gasteiger partial charge in [0.25, 0.3) is 0 Å². The molecule has 0 atom stereocenters. The minimum absolute atomic E-state index is 1.05. The van der Waals surface area contributed by atoms with Crippen LogP contribution >= 0.6 is 0 Å². The van der Waals surface area contributed by atoms with E-state index in [2.05, 4.69) is 51.3 Å². The van der Waals surface area contributed by atoms with E-state index < -0.39 is 0 Å². The van der Waals surface area contributed by atoms with Crippen LogP contribution in [0, 0.1) is 27.7 Å². The van der Waals surface area contributed by atoms with E-state index in [1.165, 1.54) is 27.8 Å². The molecule has 0 aliphatic carbocycles. The van der Waals surface area contributed by atoms with Crippen molar-refractivity contribution in [1.82, 2.24) is 10.6 Å². The Balaban J connectivity index is 2.52. The molecule has 1 aromatic rings. The molecule has 0 spiro atoms. The topological polar surface area (TPSA) is 24.1 Å². The zero-order chi connectivity index (χ0) is 13.5. The first-order valence-electron chi connectivity index (χ1n) is 7.05. The Morgan fingerprint density at radius 2 is 1.39 bits per heavy atom. The molecule has 0 aromatic heterocycles. The number of nitrogens with one attached hydrogen (secondary N) is 2. The highest BCUT2D eigenvalue weighted by atomic mass is 14.9. The number of hydrogen-bond donors (Lipinski definition) is 2. The molecule has 2 N–H and O–H groups in total. The highest BCUT2D eigenvalue weighted by Crippen LogP contribution is 2.21. The van der Waals surface area contributed by atoms with E-state index in [9.17, 15) is 0 Å². The van der Waals surface area contributed by atoms with E-state index in [0.29, 0.717) is 0 Å². The third-order valence-corrected chi connectivity index (χ3v) is 3.80. The number of rotatable bonds is 7. The molecule has 102 valence electrons. The maximum atomic E-state index is 3.50. The maximum absolute atomic E-state index is 3.50. The average Bonchev–Trinajstić information content (AvgIpc) is 2.35. The fourth-order valence-electron chi connectivity index (χ4n) is 2.37. The fourth-order valence-corrected chi connectivity index (χ4v) is 2.37. The second kappa shape index (κ2) is 7.55. The van der Waals surface area contributed by atoms with Crippen LogP contribution in [-0.4, -0.2) is 26.2 Å². The molecule has 1 rings (SSSR count). The Bertz CT molecular complexity index is 357. The van der Waals surface area contributed by atoms with Gasteiger partial charge in [0.2, 0.25) is 0 Å². The molecule has 1 aromatic carbocycles. The standard InChI is InChI=1S/C16H28N2/c1-6-17-9-10-18-8-7-16-14(4)12(2)11-13(3)15(16)5/h11,17-18H,6-10H2,1-5H3. The van der Waals surface area contributed by atoms with Gasteiger partial charge in [-0.05, 0) is 75.0 Å². The summed E-state index contributed by atoms with van der Waals surface area (Å²) in [6, 6.07) is 2.30. The van der Waals surface area contributed by atoms with E-state index in [0.717, 1.165) is 32.6 Å². The highest BCUT2D eigenvalue weighted by Gasteiger charge is 2.07. The number of likely N-dealkylation sites (N-methyl/N-ethyl adjacent to an activating group) is 1. The molecule has 0 saturated carbocycles. The Labute approximate surface area is 112 Å². The first-order chi connectivity index (χ1) is 8.57. The van der Waals surface area contributed by atoms with Crippen molar-refractivity contribution in [2.45, 2.75) is 41.0 Å². The van der Waals surface area contributed by atoms with Gasteiger partial charge < -0.3 is 10.6 Å². The average molecular weight is 248 g/mol. The monoisotopic (exact) mass is 248 g/mol. The van der Waals surface area contributed by atoms with Crippen LogP contribution in [0.25, 0.3) is 0 Å². The molecule has 0 aliphatic heterocycles. The van der Waals surface area contributed by atoms with Crippen LogP contribution in [0.1, 0.15) is 34.7 Å². The van der Waals surface area contributed by atoms with Crippen LogP contribution in [0.2, 0.25) is 0 Å². The van der Waals surface area contributed by atoms with E-state index in [1.54, 1.807) is 0 Å². The summed E-state index contributed by atoms with van der Waals surface area (Å²) in [5, 5.41) is 6.82. The second-order valence-electron chi connectivity index (χ2n) is 5.09. The summed E-state index contributed by atoms with van der Waals surface area (Å²) in [5.41, 5.74) is 7.29. The maximum Gasteiger partial charge on any atom is 0.00768 e. The van der Waals surface area contributed by atoms with E-state index >= 15 is 0 Å². The normalized spacial score (nSPS) is 10.9. The van der Waals surface area contributed by atoms with Gasteiger partial charge in [-0.25, -0.2) is 0 Å². The molecular weight excluding hydrogens is 220 g/mol. The Kier molecular flexibility index (Phi) is 6.37. The minimum Gasteiger partial charge on any atom is -0.316 e. The van der Waals surface area contributed by atoms with Crippen LogP contribution < -0.4 is 10.6 Å². The van der Waals surface area contributed by atoms with Gasteiger partial charge in [-0.3, -0.25) is 0 Å². The van der Waals surface area contributed by atoms with Gasteiger partial charge >= 0.3 is 0 Å². The first kappa shape index (κ1) is 15.2. The van der Waals surface area contributed by atoms with Gasteiger partial charge in [-0.2, -0.15) is 0 Å². The summed E-state index contributed by atoms with van der Waals surface area (Å²) in [6.07, 6.45) is 1.13. The number of benzene rings is 1. The molecule has 0 heterocycles. The van der Waals surface area contributed by atoms with Gasteiger partial charge in [0, 0.05) is 13.1 Å². The fraction of sp³-hybridized carbons (Fsp3) is 0.625.